The Morgan fingerprint density at radius 2 is 1.71 bits per heavy atom. The van der Waals surface area contributed by atoms with E-state index in [1.54, 1.807) is 31.2 Å². The zero-order valence-electron chi connectivity index (χ0n) is 15.5. The lowest BCUT2D eigenvalue weighted by Crippen LogP contribution is -2.46. The normalized spacial score (nSPS) is 11.4. The minimum atomic E-state index is -0.786. The second kappa shape index (κ2) is 9.85. The van der Waals surface area contributed by atoms with E-state index in [9.17, 15) is 18.8 Å². The molecule has 1 unspecified atom stereocenters. The van der Waals surface area contributed by atoms with Gasteiger partial charge in [0.25, 0.3) is 11.8 Å². The molecule has 1 atom stereocenters. The van der Waals surface area contributed by atoms with E-state index in [2.05, 4.69) is 16.0 Å². The number of hydrogen-bond donors (Lipinski definition) is 3. The Labute approximate surface area is 167 Å². The summed E-state index contributed by atoms with van der Waals surface area (Å²) in [7, 11) is 0. The fourth-order valence-corrected chi connectivity index (χ4v) is 2.56. The molecule has 0 saturated carbocycles. The van der Waals surface area contributed by atoms with Gasteiger partial charge in [0.05, 0.1) is 10.6 Å². The molecule has 6 nitrogen and oxygen atoms in total. The lowest BCUT2D eigenvalue weighted by molar-refractivity contribution is -0.122. The molecule has 2 aromatic carbocycles. The summed E-state index contributed by atoms with van der Waals surface area (Å²) >= 11 is 5.96. The molecule has 0 radical (unpaired) electrons. The number of nitrogens with one attached hydrogen (secondary N) is 3. The average Bonchev–Trinajstić information content (AvgIpc) is 2.67. The van der Waals surface area contributed by atoms with Crippen LogP contribution in [0.5, 0.6) is 0 Å². The summed E-state index contributed by atoms with van der Waals surface area (Å²) in [5.41, 5.74) is 0.938. The van der Waals surface area contributed by atoms with Crippen LogP contribution in [-0.4, -0.2) is 36.9 Å². The van der Waals surface area contributed by atoms with Gasteiger partial charge in [0.15, 0.2) is 0 Å². The number of amides is 3. The van der Waals surface area contributed by atoms with Crippen molar-refractivity contribution < 1.29 is 18.8 Å². The lowest BCUT2D eigenvalue weighted by Gasteiger charge is -2.15. The zero-order chi connectivity index (χ0) is 20.7. The van der Waals surface area contributed by atoms with E-state index < -0.39 is 29.6 Å². The minimum Gasteiger partial charge on any atom is -0.353 e. The second-order valence-electron chi connectivity index (χ2n) is 6.19. The fourth-order valence-electron chi connectivity index (χ4n) is 2.34. The van der Waals surface area contributed by atoms with Crippen LogP contribution >= 0.6 is 11.6 Å². The third kappa shape index (κ3) is 5.79. The van der Waals surface area contributed by atoms with Crippen molar-refractivity contribution in [2.24, 2.45) is 0 Å². The summed E-state index contributed by atoms with van der Waals surface area (Å²) < 4.78 is 13.5. The standard InChI is InChI=1S/C20H21ClFN3O3/c1-12-7-8-14(11-17(12)22)19(27)24-10-9-23-18(26)13(2)25-20(28)15-5-3-4-6-16(15)21/h3-8,11,13H,9-10H2,1-2H3,(H,23,26)(H,24,27)(H,25,28). The third-order valence-electron chi connectivity index (χ3n) is 4.00. The van der Waals surface area contributed by atoms with E-state index in [-0.39, 0.29) is 24.2 Å². The Morgan fingerprint density at radius 3 is 2.39 bits per heavy atom. The first kappa shape index (κ1) is 21.4. The van der Waals surface area contributed by atoms with Crippen molar-refractivity contribution in [1.29, 1.82) is 0 Å². The highest BCUT2D eigenvalue weighted by atomic mass is 35.5. The van der Waals surface area contributed by atoms with E-state index >= 15 is 0 Å². The molecular formula is C20H21ClFN3O3. The first-order chi connectivity index (χ1) is 13.3. The van der Waals surface area contributed by atoms with E-state index in [1.165, 1.54) is 19.1 Å². The molecule has 0 aliphatic heterocycles. The molecule has 0 aliphatic rings. The van der Waals surface area contributed by atoms with Crippen LogP contribution in [0.15, 0.2) is 42.5 Å². The largest absolute Gasteiger partial charge is 0.353 e. The first-order valence-electron chi connectivity index (χ1n) is 8.67. The monoisotopic (exact) mass is 405 g/mol. The highest BCUT2D eigenvalue weighted by molar-refractivity contribution is 6.33. The first-order valence-corrected chi connectivity index (χ1v) is 9.05. The van der Waals surface area contributed by atoms with Gasteiger partial charge < -0.3 is 16.0 Å². The molecule has 0 bridgehead atoms. The van der Waals surface area contributed by atoms with Crippen LogP contribution in [0.1, 0.15) is 33.2 Å². The van der Waals surface area contributed by atoms with Gasteiger partial charge in [-0.25, -0.2) is 4.39 Å². The van der Waals surface area contributed by atoms with Gasteiger partial charge in [-0.05, 0) is 43.7 Å². The number of benzene rings is 2. The molecule has 0 aromatic heterocycles. The summed E-state index contributed by atoms with van der Waals surface area (Å²) in [6.45, 7) is 3.46. The quantitative estimate of drug-likeness (QED) is 0.618. The number of carbonyl (C=O) groups excluding carboxylic acids is 3. The van der Waals surface area contributed by atoms with Gasteiger partial charge in [0, 0.05) is 18.7 Å². The predicted molar refractivity (Wildman–Crippen MR) is 105 cm³/mol. The highest BCUT2D eigenvalue weighted by Gasteiger charge is 2.17. The van der Waals surface area contributed by atoms with Crippen LogP contribution in [0.3, 0.4) is 0 Å². The van der Waals surface area contributed by atoms with Crippen molar-refractivity contribution in [2.75, 3.05) is 13.1 Å². The van der Waals surface area contributed by atoms with Crippen molar-refractivity contribution >= 4 is 29.3 Å². The Bertz CT molecular complexity index is 889. The number of hydrogen-bond acceptors (Lipinski definition) is 3. The van der Waals surface area contributed by atoms with Crippen LogP contribution in [0, 0.1) is 12.7 Å². The molecular weight excluding hydrogens is 385 g/mol. The Balaban J connectivity index is 1.75. The summed E-state index contributed by atoms with van der Waals surface area (Å²) in [5, 5.41) is 8.05. The smallest absolute Gasteiger partial charge is 0.253 e. The number of rotatable bonds is 7. The van der Waals surface area contributed by atoms with Crippen molar-refractivity contribution in [2.45, 2.75) is 19.9 Å². The number of halogens is 2. The topological polar surface area (TPSA) is 87.3 Å². The highest BCUT2D eigenvalue weighted by Crippen LogP contribution is 2.14. The molecule has 0 saturated heterocycles. The fraction of sp³-hybridized carbons (Fsp3) is 0.250. The molecule has 3 amide bonds. The predicted octanol–water partition coefficient (Wildman–Crippen LogP) is 2.45. The molecule has 2 aromatic rings. The Morgan fingerprint density at radius 1 is 1.04 bits per heavy atom. The molecule has 3 N–H and O–H groups in total. The van der Waals surface area contributed by atoms with Crippen LogP contribution in [0.25, 0.3) is 0 Å². The van der Waals surface area contributed by atoms with Crippen LogP contribution in [0.2, 0.25) is 5.02 Å². The average molecular weight is 406 g/mol. The van der Waals surface area contributed by atoms with Crippen LogP contribution in [0.4, 0.5) is 4.39 Å². The molecule has 148 valence electrons. The lowest BCUT2D eigenvalue weighted by atomic mass is 10.1. The Hall–Kier alpha value is -2.93. The maximum absolute atomic E-state index is 13.5. The SMILES string of the molecule is Cc1ccc(C(=O)NCCNC(=O)C(C)NC(=O)c2ccccc2Cl)cc1F. The Kier molecular flexibility index (Phi) is 7.52. The van der Waals surface area contributed by atoms with Crippen molar-refractivity contribution in [3.05, 3.63) is 70.0 Å². The number of carbonyl (C=O) groups is 3. The van der Waals surface area contributed by atoms with E-state index in [0.717, 1.165) is 6.07 Å². The van der Waals surface area contributed by atoms with Gasteiger partial charge in [-0.3, -0.25) is 14.4 Å². The van der Waals surface area contributed by atoms with Crippen LogP contribution in [-0.2, 0) is 4.79 Å². The van der Waals surface area contributed by atoms with Crippen molar-refractivity contribution in [1.82, 2.24) is 16.0 Å². The second-order valence-corrected chi connectivity index (χ2v) is 6.59. The van der Waals surface area contributed by atoms with Gasteiger partial charge in [-0.15, -0.1) is 0 Å². The third-order valence-corrected chi connectivity index (χ3v) is 4.33. The van der Waals surface area contributed by atoms with Gasteiger partial charge in [0.1, 0.15) is 11.9 Å². The van der Waals surface area contributed by atoms with E-state index in [4.69, 9.17) is 11.6 Å². The van der Waals surface area contributed by atoms with Crippen molar-refractivity contribution in [3.8, 4) is 0 Å². The molecule has 28 heavy (non-hydrogen) atoms. The maximum atomic E-state index is 13.5. The van der Waals surface area contributed by atoms with Gasteiger partial charge in [0.2, 0.25) is 5.91 Å². The number of aryl methyl sites for hydroxylation is 1. The van der Waals surface area contributed by atoms with Crippen molar-refractivity contribution in [3.63, 3.8) is 0 Å². The summed E-state index contributed by atoms with van der Waals surface area (Å²) in [6.07, 6.45) is 0. The molecule has 0 aliphatic carbocycles. The minimum absolute atomic E-state index is 0.158. The molecule has 0 spiro atoms. The molecule has 0 heterocycles. The van der Waals surface area contributed by atoms with E-state index in [0.29, 0.717) is 10.6 Å². The zero-order valence-corrected chi connectivity index (χ0v) is 16.3. The van der Waals surface area contributed by atoms with Crippen LogP contribution < -0.4 is 16.0 Å². The molecule has 0 fully saturated rings. The van der Waals surface area contributed by atoms with E-state index in [1.807, 2.05) is 0 Å². The van der Waals surface area contributed by atoms with Gasteiger partial charge >= 0.3 is 0 Å². The van der Waals surface area contributed by atoms with Gasteiger partial charge in [-0.1, -0.05) is 29.8 Å². The summed E-state index contributed by atoms with van der Waals surface area (Å²) in [5.74, 6) is -1.75. The summed E-state index contributed by atoms with van der Waals surface area (Å²) in [6, 6.07) is 9.95. The molecule has 8 heteroatoms. The van der Waals surface area contributed by atoms with Gasteiger partial charge in [-0.2, -0.15) is 0 Å². The summed E-state index contributed by atoms with van der Waals surface area (Å²) in [4.78, 5) is 36.2. The maximum Gasteiger partial charge on any atom is 0.253 e. The molecule has 2 rings (SSSR count).